The average molecular weight is 521 g/mol. The second-order valence-electron chi connectivity index (χ2n) is 8.88. The molecule has 2 N–H and O–H groups in total. The number of halogens is 3. The lowest BCUT2D eigenvalue weighted by atomic mass is 9.92. The number of hydrogen-bond acceptors (Lipinski definition) is 4. The van der Waals surface area contributed by atoms with Crippen LogP contribution in [0.1, 0.15) is 27.2 Å². The molecule has 0 aliphatic carbocycles. The van der Waals surface area contributed by atoms with Gasteiger partial charge in [-0.25, -0.2) is 4.79 Å². The van der Waals surface area contributed by atoms with Crippen LogP contribution in [0.5, 0.6) is 0 Å². The van der Waals surface area contributed by atoms with Crippen molar-refractivity contribution >= 4 is 17.7 Å². The van der Waals surface area contributed by atoms with E-state index in [1.165, 1.54) is 34.1 Å². The van der Waals surface area contributed by atoms with Gasteiger partial charge in [-0.2, -0.15) is 18.3 Å². The lowest BCUT2D eigenvalue weighted by molar-refractivity contribution is -0.137. The molecule has 2 aromatic carbocycles. The number of carbonyl (C=O) groups is 2. The predicted molar refractivity (Wildman–Crippen MR) is 133 cm³/mol. The molecule has 0 saturated heterocycles. The Hall–Kier alpha value is -4.67. The van der Waals surface area contributed by atoms with E-state index in [1.807, 2.05) is 30.3 Å². The molecule has 8 nitrogen and oxygen atoms in total. The second-order valence-corrected chi connectivity index (χ2v) is 8.88. The zero-order chi connectivity index (χ0) is 27.0. The fraction of sp³-hybridized carbons (Fsp3) is 0.185. The van der Waals surface area contributed by atoms with Gasteiger partial charge in [-0.15, -0.1) is 0 Å². The van der Waals surface area contributed by atoms with Crippen molar-refractivity contribution in [2.75, 3.05) is 11.9 Å². The molecule has 0 saturated carbocycles. The number of aromatic nitrogens is 3. The molecule has 5 rings (SSSR count). The summed E-state index contributed by atoms with van der Waals surface area (Å²) in [4.78, 5) is 30.5. The fourth-order valence-electron chi connectivity index (χ4n) is 4.59. The number of rotatable bonds is 4. The quantitative estimate of drug-likeness (QED) is 0.372. The highest BCUT2D eigenvalue weighted by molar-refractivity contribution is 6.07. The molecular weight excluding hydrogens is 499 g/mol. The standard InChI is InChI=1S/C27H22F3N5O3/c1-34-11-10-21(33-34)19-13-17(7-8-20(19)27(28,29)30)25(36)32-22-14-31-23-15-35(26(37)38)12-9-18(23)24(22)16-5-3-2-4-6-16/h2-8,10-11,13-14H,9,12,15H2,1H3,(H,32,36)(H,37,38). The minimum absolute atomic E-state index is 0.0208. The van der Waals surface area contributed by atoms with E-state index >= 15 is 0 Å². The van der Waals surface area contributed by atoms with E-state index in [-0.39, 0.29) is 29.9 Å². The smallest absolute Gasteiger partial charge is 0.417 e. The summed E-state index contributed by atoms with van der Waals surface area (Å²) in [7, 11) is 1.59. The molecule has 0 spiro atoms. The van der Waals surface area contributed by atoms with Gasteiger partial charge in [0.05, 0.1) is 35.4 Å². The predicted octanol–water partition coefficient (Wildman–Crippen LogP) is 5.46. The van der Waals surface area contributed by atoms with E-state index in [0.29, 0.717) is 23.4 Å². The summed E-state index contributed by atoms with van der Waals surface area (Å²) in [5.41, 5.74) is 2.30. The Labute approximate surface area is 215 Å². The number of hydrogen-bond donors (Lipinski definition) is 2. The molecular formula is C27H22F3N5O3. The summed E-state index contributed by atoms with van der Waals surface area (Å²) in [5.74, 6) is -0.613. The molecule has 0 atom stereocenters. The maximum atomic E-state index is 13.7. The number of carbonyl (C=O) groups excluding carboxylic acids is 1. The maximum absolute atomic E-state index is 13.7. The number of carboxylic acid groups (broad SMARTS) is 1. The van der Waals surface area contributed by atoms with Crippen molar-refractivity contribution in [3.8, 4) is 22.4 Å². The normalized spacial score (nSPS) is 13.2. The van der Waals surface area contributed by atoms with Crippen molar-refractivity contribution < 1.29 is 27.9 Å². The highest BCUT2D eigenvalue weighted by Gasteiger charge is 2.35. The zero-order valence-corrected chi connectivity index (χ0v) is 20.2. The number of benzene rings is 2. The number of pyridine rings is 1. The summed E-state index contributed by atoms with van der Waals surface area (Å²) in [6.07, 6.45) is -2.30. The number of alkyl halides is 3. The number of fused-ring (bicyclic) bond motifs is 1. The number of nitrogens with zero attached hydrogens (tertiary/aromatic N) is 4. The van der Waals surface area contributed by atoms with Gasteiger partial charge in [-0.1, -0.05) is 30.3 Å². The molecule has 1 aliphatic heterocycles. The van der Waals surface area contributed by atoms with Gasteiger partial charge in [0, 0.05) is 36.5 Å². The monoisotopic (exact) mass is 521 g/mol. The number of amides is 2. The van der Waals surface area contributed by atoms with Gasteiger partial charge in [0.15, 0.2) is 0 Å². The van der Waals surface area contributed by atoms with Gasteiger partial charge in [0.1, 0.15) is 0 Å². The number of anilines is 1. The Morgan fingerprint density at radius 1 is 1.08 bits per heavy atom. The van der Waals surface area contributed by atoms with E-state index in [9.17, 15) is 27.9 Å². The van der Waals surface area contributed by atoms with E-state index in [0.717, 1.165) is 23.3 Å². The Morgan fingerprint density at radius 3 is 2.50 bits per heavy atom. The van der Waals surface area contributed by atoms with Crippen molar-refractivity contribution in [2.45, 2.75) is 19.1 Å². The fourth-order valence-corrected chi connectivity index (χ4v) is 4.59. The van der Waals surface area contributed by atoms with Crippen LogP contribution in [0.15, 0.2) is 67.0 Å². The summed E-state index contributed by atoms with van der Waals surface area (Å²) in [6, 6.07) is 13.9. The van der Waals surface area contributed by atoms with Crippen LogP contribution in [0.4, 0.5) is 23.7 Å². The summed E-state index contributed by atoms with van der Waals surface area (Å²) >= 11 is 0. The molecule has 3 heterocycles. The van der Waals surface area contributed by atoms with Crippen molar-refractivity contribution in [3.05, 3.63) is 89.4 Å². The zero-order valence-electron chi connectivity index (χ0n) is 20.2. The van der Waals surface area contributed by atoms with Crippen molar-refractivity contribution in [3.63, 3.8) is 0 Å². The largest absolute Gasteiger partial charge is 0.465 e. The Kier molecular flexibility index (Phi) is 6.35. The van der Waals surface area contributed by atoms with Crippen LogP contribution in [0.3, 0.4) is 0 Å². The molecule has 0 bridgehead atoms. The van der Waals surface area contributed by atoms with Gasteiger partial charge in [-0.05, 0) is 41.8 Å². The second kappa shape index (κ2) is 9.66. The van der Waals surface area contributed by atoms with Gasteiger partial charge in [-0.3, -0.25) is 14.5 Å². The van der Waals surface area contributed by atoms with E-state index in [1.54, 1.807) is 7.05 Å². The third-order valence-corrected chi connectivity index (χ3v) is 6.40. The SMILES string of the molecule is Cn1ccc(-c2cc(C(=O)Nc3cnc4c(c3-c3ccccc3)CCN(C(=O)O)C4)ccc2C(F)(F)F)n1. The first-order valence-electron chi connectivity index (χ1n) is 11.7. The topological polar surface area (TPSA) is 100 Å². The lowest BCUT2D eigenvalue weighted by Gasteiger charge is -2.28. The molecule has 1 aliphatic rings. The van der Waals surface area contributed by atoms with Crippen molar-refractivity contribution in [1.29, 1.82) is 0 Å². The van der Waals surface area contributed by atoms with Crippen molar-refractivity contribution in [1.82, 2.24) is 19.7 Å². The minimum atomic E-state index is -4.63. The molecule has 0 radical (unpaired) electrons. The third-order valence-electron chi connectivity index (χ3n) is 6.40. The van der Waals surface area contributed by atoms with Crippen LogP contribution in [0, 0.1) is 0 Å². The van der Waals surface area contributed by atoms with Crippen LogP contribution in [0.25, 0.3) is 22.4 Å². The number of aryl methyl sites for hydroxylation is 1. The molecule has 38 heavy (non-hydrogen) atoms. The Balaban J connectivity index is 1.55. The first kappa shape index (κ1) is 25.0. The Bertz CT molecular complexity index is 1530. The molecule has 2 aromatic heterocycles. The van der Waals surface area contributed by atoms with Gasteiger partial charge in [0.25, 0.3) is 5.91 Å². The van der Waals surface area contributed by atoms with Gasteiger partial charge >= 0.3 is 12.3 Å². The van der Waals surface area contributed by atoms with Crippen molar-refractivity contribution in [2.24, 2.45) is 7.05 Å². The molecule has 11 heteroatoms. The third kappa shape index (κ3) is 4.82. The molecule has 4 aromatic rings. The van der Waals surface area contributed by atoms with Gasteiger partial charge < -0.3 is 15.3 Å². The van der Waals surface area contributed by atoms with Crippen LogP contribution in [-0.2, 0) is 26.2 Å². The molecule has 0 unspecified atom stereocenters. The van der Waals surface area contributed by atoms with E-state index in [4.69, 9.17) is 0 Å². The van der Waals surface area contributed by atoms with Crippen LogP contribution < -0.4 is 5.32 Å². The van der Waals surface area contributed by atoms with Crippen LogP contribution in [0.2, 0.25) is 0 Å². The summed E-state index contributed by atoms with van der Waals surface area (Å²) in [6.45, 7) is 0.388. The van der Waals surface area contributed by atoms with Gasteiger partial charge in [0.2, 0.25) is 0 Å². The minimum Gasteiger partial charge on any atom is -0.465 e. The van der Waals surface area contributed by atoms with Crippen LogP contribution >= 0.6 is 0 Å². The highest BCUT2D eigenvalue weighted by Crippen LogP contribution is 2.38. The first-order valence-corrected chi connectivity index (χ1v) is 11.7. The van der Waals surface area contributed by atoms with E-state index in [2.05, 4.69) is 15.4 Å². The summed E-state index contributed by atoms with van der Waals surface area (Å²) in [5, 5.41) is 16.3. The first-order chi connectivity index (χ1) is 18.1. The lowest BCUT2D eigenvalue weighted by Crippen LogP contribution is -2.35. The molecule has 0 fully saturated rings. The Morgan fingerprint density at radius 2 is 1.84 bits per heavy atom. The maximum Gasteiger partial charge on any atom is 0.417 e. The average Bonchev–Trinajstić information content (AvgIpc) is 3.34. The molecule has 194 valence electrons. The highest BCUT2D eigenvalue weighted by atomic mass is 19.4. The molecule has 2 amide bonds. The summed E-state index contributed by atoms with van der Waals surface area (Å²) < 4.78 is 42.5. The van der Waals surface area contributed by atoms with Crippen LogP contribution in [-0.4, -0.2) is 43.3 Å². The van der Waals surface area contributed by atoms with E-state index < -0.39 is 23.7 Å². The number of nitrogens with one attached hydrogen (secondary N) is 1.